The van der Waals surface area contributed by atoms with Gasteiger partial charge in [0.2, 0.25) is 11.8 Å². The SMILES string of the molecule is CC(=O)N1CCc2cc(NC(=O)Nc3ccc(C)cc3)ccc2C1C(=O)NC(Cc1ccc(CCC(=O)O)cc1)C(=O)O. The molecule has 0 spiro atoms. The van der Waals surface area contributed by atoms with Crippen LogP contribution in [0.1, 0.15) is 47.2 Å². The highest BCUT2D eigenvalue weighted by atomic mass is 16.4. The first-order valence-electron chi connectivity index (χ1n) is 13.9. The number of benzene rings is 3. The summed E-state index contributed by atoms with van der Waals surface area (Å²) < 4.78 is 0. The Bertz CT molecular complexity index is 1520. The van der Waals surface area contributed by atoms with E-state index in [1.807, 2.05) is 19.1 Å². The Morgan fingerprint density at radius 1 is 0.884 bits per heavy atom. The zero-order chi connectivity index (χ0) is 31.1. The van der Waals surface area contributed by atoms with Crippen LogP contribution in [0.15, 0.2) is 66.7 Å². The monoisotopic (exact) mass is 586 g/mol. The van der Waals surface area contributed by atoms with Gasteiger partial charge in [0.1, 0.15) is 12.1 Å². The number of carbonyl (C=O) groups is 5. The Labute approximate surface area is 248 Å². The summed E-state index contributed by atoms with van der Waals surface area (Å²) in [5, 5.41) is 26.9. The second kappa shape index (κ2) is 13.6. The third-order valence-corrected chi connectivity index (χ3v) is 7.30. The fraction of sp³-hybridized carbons (Fsp3) is 0.281. The third-order valence-electron chi connectivity index (χ3n) is 7.30. The van der Waals surface area contributed by atoms with E-state index in [2.05, 4.69) is 16.0 Å². The van der Waals surface area contributed by atoms with Crippen molar-refractivity contribution < 1.29 is 34.2 Å². The van der Waals surface area contributed by atoms with Gasteiger partial charge < -0.3 is 31.1 Å². The molecule has 4 rings (SSSR count). The Kier molecular flexibility index (Phi) is 9.76. The maximum Gasteiger partial charge on any atom is 0.326 e. The van der Waals surface area contributed by atoms with Gasteiger partial charge in [-0.05, 0) is 66.3 Å². The number of carboxylic acids is 2. The Morgan fingerprint density at radius 3 is 2.14 bits per heavy atom. The molecule has 11 heteroatoms. The average Bonchev–Trinajstić information content (AvgIpc) is 2.96. The summed E-state index contributed by atoms with van der Waals surface area (Å²) in [5.74, 6) is -3.08. The smallest absolute Gasteiger partial charge is 0.326 e. The maximum absolute atomic E-state index is 13.6. The minimum absolute atomic E-state index is 0.00111. The van der Waals surface area contributed by atoms with E-state index in [4.69, 9.17) is 5.11 Å². The highest BCUT2D eigenvalue weighted by Crippen LogP contribution is 2.32. The van der Waals surface area contributed by atoms with Crippen molar-refractivity contribution in [2.24, 2.45) is 0 Å². The topological polar surface area (TPSA) is 165 Å². The number of nitrogens with one attached hydrogen (secondary N) is 3. The van der Waals surface area contributed by atoms with Gasteiger partial charge in [-0.1, -0.05) is 48.0 Å². The summed E-state index contributed by atoms with van der Waals surface area (Å²) in [7, 11) is 0. The number of carbonyl (C=O) groups excluding carboxylic acids is 3. The lowest BCUT2D eigenvalue weighted by Gasteiger charge is -2.36. The molecular weight excluding hydrogens is 552 g/mol. The molecule has 3 aromatic carbocycles. The summed E-state index contributed by atoms with van der Waals surface area (Å²) >= 11 is 0. The number of fused-ring (bicyclic) bond motifs is 1. The molecule has 0 fully saturated rings. The van der Waals surface area contributed by atoms with E-state index >= 15 is 0 Å². The lowest BCUT2D eigenvalue weighted by Crippen LogP contribution is -2.51. The Morgan fingerprint density at radius 2 is 1.51 bits per heavy atom. The summed E-state index contributed by atoms with van der Waals surface area (Å²) in [6.45, 7) is 3.55. The second-order valence-electron chi connectivity index (χ2n) is 10.5. The fourth-order valence-electron chi connectivity index (χ4n) is 5.04. The fourth-order valence-corrected chi connectivity index (χ4v) is 5.04. The molecule has 0 saturated heterocycles. The zero-order valence-electron chi connectivity index (χ0n) is 23.9. The number of urea groups is 1. The number of aryl methyl sites for hydroxylation is 2. The molecule has 2 atom stereocenters. The van der Waals surface area contributed by atoms with E-state index in [9.17, 15) is 29.1 Å². The van der Waals surface area contributed by atoms with E-state index in [-0.39, 0.29) is 25.3 Å². The van der Waals surface area contributed by atoms with Crippen molar-refractivity contribution in [1.29, 1.82) is 0 Å². The van der Waals surface area contributed by atoms with Gasteiger partial charge >= 0.3 is 18.0 Å². The van der Waals surface area contributed by atoms with Gasteiger partial charge in [-0.15, -0.1) is 0 Å². The number of amides is 4. The van der Waals surface area contributed by atoms with Crippen molar-refractivity contribution in [3.05, 3.63) is 94.5 Å². The van der Waals surface area contributed by atoms with Crippen LogP contribution in [0.25, 0.3) is 0 Å². The molecule has 0 saturated carbocycles. The third kappa shape index (κ3) is 8.19. The minimum Gasteiger partial charge on any atom is -0.481 e. The van der Waals surface area contributed by atoms with E-state index in [0.717, 1.165) is 16.7 Å². The highest BCUT2D eigenvalue weighted by Gasteiger charge is 2.36. The van der Waals surface area contributed by atoms with Crippen molar-refractivity contribution in [2.45, 2.75) is 51.6 Å². The lowest BCUT2D eigenvalue weighted by molar-refractivity contribution is -0.144. The number of anilines is 2. The normalized spacial score (nSPS) is 14.7. The quantitative estimate of drug-likeness (QED) is 0.240. The van der Waals surface area contributed by atoms with Crippen LogP contribution in [0.4, 0.5) is 16.2 Å². The molecule has 5 N–H and O–H groups in total. The molecule has 4 amide bonds. The number of aliphatic carboxylic acids is 2. The lowest BCUT2D eigenvalue weighted by atomic mass is 9.91. The average molecular weight is 587 g/mol. The van der Waals surface area contributed by atoms with Crippen molar-refractivity contribution in [3.8, 4) is 0 Å². The van der Waals surface area contributed by atoms with Crippen molar-refractivity contribution >= 4 is 41.2 Å². The standard InChI is InChI=1S/C32H34N4O7/c1-19-3-10-24(11-4-19)33-32(43)34-25-12-13-26-23(18-25)15-16-36(20(2)37)29(26)30(40)35-27(31(41)42)17-22-7-5-21(6-8-22)9-14-28(38)39/h3-8,10-13,18,27,29H,9,14-17H2,1-2H3,(H,35,40)(H,38,39)(H,41,42)(H2,33,34,43). The predicted molar refractivity (Wildman–Crippen MR) is 160 cm³/mol. The molecule has 224 valence electrons. The van der Waals surface area contributed by atoms with Crippen LogP contribution >= 0.6 is 0 Å². The molecule has 3 aromatic rings. The number of carboxylic acid groups (broad SMARTS) is 2. The molecular formula is C32H34N4O7. The molecule has 11 nitrogen and oxygen atoms in total. The van der Waals surface area contributed by atoms with Gasteiger partial charge in [-0.2, -0.15) is 0 Å². The molecule has 1 heterocycles. The highest BCUT2D eigenvalue weighted by molar-refractivity contribution is 6.00. The molecule has 1 aliphatic rings. The number of hydrogen-bond acceptors (Lipinski definition) is 5. The van der Waals surface area contributed by atoms with Gasteiger partial charge in [0.25, 0.3) is 0 Å². The van der Waals surface area contributed by atoms with Gasteiger partial charge in [0.15, 0.2) is 0 Å². The van der Waals surface area contributed by atoms with Crippen LogP contribution in [0.5, 0.6) is 0 Å². The summed E-state index contributed by atoms with van der Waals surface area (Å²) in [5.41, 5.74) is 4.98. The molecule has 2 unspecified atom stereocenters. The van der Waals surface area contributed by atoms with Crippen molar-refractivity contribution in [2.75, 3.05) is 17.2 Å². The van der Waals surface area contributed by atoms with E-state index in [1.54, 1.807) is 54.6 Å². The van der Waals surface area contributed by atoms with Crippen LogP contribution in [0.2, 0.25) is 0 Å². The van der Waals surface area contributed by atoms with Crippen LogP contribution < -0.4 is 16.0 Å². The first-order valence-corrected chi connectivity index (χ1v) is 13.9. The Balaban J connectivity index is 1.48. The van der Waals surface area contributed by atoms with E-state index in [1.165, 1.54) is 11.8 Å². The van der Waals surface area contributed by atoms with Gasteiger partial charge in [0.05, 0.1) is 0 Å². The van der Waals surface area contributed by atoms with Crippen LogP contribution in [0, 0.1) is 6.92 Å². The van der Waals surface area contributed by atoms with E-state index < -0.39 is 36.0 Å². The largest absolute Gasteiger partial charge is 0.481 e. The van der Waals surface area contributed by atoms with Gasteiger partial charge in [0, 0.05) is 37.7 Å². The first-order chi connectivity index (χ1) is 20.5. The van der Waals surface area contributed by atoms with Crippen LogP contribution in [0.3, 0.4) is 0 Å². The predicted octanol–water partition coefficient (Wildman–Crippen LogP) is 3.91. The molecule has 0 aliphatic carbocycles. The number of nitrogens with zero attached hydrogens (tertiary/aromatic N) is 1. The molecule has 0 radical (unpaired) electrons. The summed E-state index contributed by atoms with van der Waals surface area (Å²) in [4.78, 5) is 62.9. The number of hydrogen-bond donors (Lipinski definition) is 5. The minimum atomic E-state index is -1.26. The molecule has 1 aliphatic heterocycles. The second-order valence-corrected chi connectivity index (χ2v) is 10.5. The van der Waals surface area contributed by atoms with Crippen LogP contribution in [-0.2, 0) is 38.4 Å². The maximum atomic E-state index is 13.6. The van der Waals surface area contributed by atoms with E-state index in [0.29, 0.717) is 35.3 Å². The van der Waals surface area contributed by atoms with Crippen molar-refractivity contribution in [1.82, 2.24) is 10.2 Å². The van der Waals surface area contributed by atoms with Gasteiger partial charge in [-0.3, -0.25) is 14.4 Å². The molecule has 43 heavy (non-hydrogen) atoms. The summed E-state index contributed by atoms with van der Waals surface area (Å²) in [6, 6.07) is 16.6. The Hall–Kier alpha value is -5.19. The molecule has 0 bridgehead atoms. The van der Waals surface area contributed by atoms with Gasteiger partial charge in [-0.25, -0.2) is 9.59 Å². The van der Waals surface area contributed by atoms with Crippen LogP contribution in [-0.4, -0.2) is 57.5 Å². The first kappa shape index (κ1) is 30.8. The van der Waals surface area contributed by atoms with Crippen molar-refractivity contribution in [3.63, 3.8) is 0 Å². The molecule has 0 aromatic heterocycles. The zero-order valence-corrected chi connectivity index (χ0v) is 23.9. The summed E-state index contributed by atoms with van der Waals surface area (Å²) in [6.07, 6.45) is 0.787. The number of rotatable bonds is 10.